The highest BCUT2D eigenvalue weighted by atomic mass is 28.4. The maximum absolute atomic E-state index is 12.1. The summed E-state index contributed by atoms with van der Waals surface area (Å²) in [5, 5.41) is 5.61. The fourth-order valence-electron chi connectivity index (χ4n) is 3.32. The summed E-state index contributed by atoms with van der Waals surface area (Å²) < 4.78 is 18.1. The molecule has 0 aromatic rings. The van der Waals surface area contributed by atoms with Gasteiger partial charge in [-0.05, 0) is 51.9 Å². The van der Waals surface area contributed by atoms with Gasteiger partial charge in [0.2, 0.25) is 16.6 Å². The second kappa shape index (κ2) is 14.0. The molecule has 9 heteroatoms. The standard InChI is InChI=1S/C20H44N2O5Si2/c1-9-13-15-21-19(23)25-17(11-3)28(5,6)27-29(7,8)18(12-4)26-20(24)22-16-14-10-2/h17-18H,9-16H2,1-8H3,(H,21,23)(H,22,24). The van der Waals surface area contributed by atoms with Gasteiger partial charge in [0.25, 0.3) is 0 Å². The average Bonchev–Trinajstić information content (AvgIpc) is 2.63. The summed E-state index contributed by atoms with van der Waals surface area (Å²) in [5.74, 6) is 0. The smallest absolute Gasteiger partial charge is 0.407 e. The molecule has 0 rings (SSSR count). The molecule has 0 aliphatic heterocycles. The summed E-state index contributed by atoms with van der Waals surface area (Å²) in [6.45, 7) is 17.7. The summed E-state index contributed by atoms with van der Waals surface area (Å²) in [4.78, 5) is 24.3. The quantitative estimate of drug-likeness (QED) is 0.285. The van der Waals surface area contributed by atoms with Gasteiger partial charge in [-0.3, -0.25) is 0 Å². The highest BCUT2D eigenvalue weighted by molar-refractivity contribution is 6.86. The third kappa shape index (κ3) is 11.0. The number of carbonyl (C=O) groups excluding carboxylic acids is 2. The molecule has 0 heterocycles. The Kier molecular flexibility index (Phi) is 13.5. The number of rotatable bonds is 14. The predicted octanol–water partition coefficient (Wildman–Crippen LogP) is 5.10. The molecule has 172 valence electrons. The molecule has 0 radical (unpaired) electrons. The van der Waals surface area contributed by atoms with Gasteiger partial charge in [0.1, 0.15) is 11.5 Å². The fraction of sp³-hybridized carbons (Fsp3) is 0.900. The summed E-state index contributed by atoms with van der Waals surface area (Å²) >= 11 is 0. The summed E-state index contributed by atoms with van der Waals surface area (Å²) in [5.41, 5.74) is -0.515. The van der Waals surface area contributed by atoms with Gasteiger partial charge in [0, 0.05) is 13.1 Å². The van der Waals surface area contributed by atoms with Crippen molar-refractivity contribution in [1.82, 2.24) is 10.6 Å². The van der Waals surface area contributed by atoms with E-state index in [-0.39, 0.29) is 23.6 Å². The van der Waals surface area contributed by atoms with E-state index >= 15 is 0 Å². The minimum absolute atomic E-state index is 0.258. The minimum atomic E-state index is -2.37. The highest BCUT2D eigenvalue weighted by Crippen LogP contribution is 2.26. The van der Waals surface area contributed by atoms with Gasteiger partial charge in [-0.25, -0.2) is 9.59 Å². The molecule has 0 aromatic carbocycles. The number of hydrogen-bond acceptors (Lipinski definition) is 5. The zero-order valence-electron chi connectivity index (χ0n) is 19.9. The lowest BCUT2D eigenvalue weighted by Gasteiger charge is -2.41. The first-order valence-corrected chi connectivity index (χ1v) is 17.1. The van der Waals surface area contributed by atoms with Crippen LogP contribution in [0.2, 0.25) is 26.2 Å². The van der Waals surface area contributed by atoms with E-state index in [1.54, 1.807) is 0 Å². The topological polar surface area (TPSA) is 85.9 Å². The second-order valence-corrected chi connectivity index (χ2v) is 17.0. The maximum atomic E-state index is 12.1. The molecule has 0 aliphatic rings. The Morgan fingerprint density at radius 2 is 1.07 bits per heavy atom. The van der Waals surface area contributed by atoms with Crippen molar-refractivity contribution in [3.05, 3.63) is 0 Å². The van der Waals surface area contributed by atoms with E-state index in [2.05, 4.69) is 50.7 Å². The van der Waals surface area contributed by atoms with Crippen molar-refractivity contribution in [2.45, 2.75) is 104 Å². The van der Waals surface area contributed by atoms with Gasteiger partial charge in [-0.15, -0.1) is 0 Å². The number of hydrogen-bond donors (Lipinski definition) is 2. The van der Waals surface area contributed by atoms with Crippen LogP contribution in [-0.4, -0.2) is 53.4 Å². The van der Waals surface area contributed by atoms with E-state index in [4.69, 9.17) is 13.6 Å². The van der Waals surface area contributed by atoms with E-state index in [0.717, 1.165) is 25.7 Å². The number of alkyl carbamates (subject to hydrolysis) is 2. The largest absolute Gasteiger partial charge is 0.451 e. The van der Waals surface area contributed by atoms with Crippen LogP contribution in [0.4, 0.5) is 9.59 Å². The normalized spacial score (nSPS) is 14.1. The summed E-state index contributed by atoms with van der Waals surface area (Å²) in [7, 11) is -4.75. The average molecular weight is 449 g/mol. The van der Waals surface area contributed by atoms with Gasteiger partial charge in [-0.2, -0.15) is 0 Å². The van der Waals surface area contributed by atoms with E-state index in [0.29, 0.717) is 25.9 Å². The predicted molar refractivity (Wildman–Crippen MR) is 123 cm³/mol. The van der Waals surface area contributed by atoms with E-state index in [1.807, 2.05) is 13.8 Å². The molecule has 7 nitrogen and oxygen atoms in total. The number of ether oxygens (including phenoxy) is 2. The maximum Gasteiger partial charge on any atom is 0.407 e. The van der Waals surface area contributed by atoms with Crippen molar-refractivity contribution in [2.75, 3.05) is 13.1 Å². The molecule has 29 heavy (non-hydrogen) atoms. The first-order valence-electron chi connectivity index (χ1n) is 11.1. The number of carbonyl (C=O) groups is 2. The molecule has 2 amide bonds. The Hall–Kier alpha value is -1.07. The molecule has 2 atom stereocenters. The highest BCUT2D eigenvalue weighted by Gasteiger charge is 2.45. The van der Waals surface area contributed by atoms with Crippen LogP contribution >= 0.6 is 0 Å². The zero-order valence-corrected chi connectivity index (χ0v) is 21.9. The van der Waals surface area contributed by atoms with Crippen molar-refractivity contribution >= 4 is 28.8 Å². The lowest BCUT2D eigenvalue weighted by molar-refractivity contribution is 0.112. The Bertz CT molecular complexity index is 447. The van der Waals surface area contributed by atoms with Gasteiger partial charge >= 0.3 is 12.2 Å². The van der Waals surface area contributed by atoms with Gasteiger partial charge in [-0.1, -0.05) is 40.5 Å². The molecule has 0 saturated carbocycles. The van der Waals surface area contributed by atoms with Crippen LogP contribution in [0.25, 0.3) is 0 Å². The van der Waals surface area contributed by atoms with Crippen molar-refractivity contribution in [1.29, 1.82) is 0 Å². The molecule has 0 spiro atoms. The Morgan fingerprint density at radius 3 is 1.34 bits per heavy atom. The van der Waals surface area contributed by atoms with E-state index < -0.39 is 16.6 Å². The van der Waals surface area contributed by atoms with Crippen LogP contribution < -0.4 is 10.6 Å². The molecule has 2 unspecified atom stereocenters. The van der Waals surface area contributed by atoms with Crippen molar-refractivity contribution in [3.8, 4) is 0 Å². The number of unbranched alkanes of at least 4 members (excludes halogenated alkanes) is 2. The van der Waals surface area contributed by atoms with Crippen LogP contribution in [-0.2, 0) is 13.6 Å². The first kappa shape index (κ1) is 27.9. The lowest BCUT2D eigenvalue weighted by atomic mass is 10.3. The molecular weight excluding hydrogens is 404 g/mol. The monoisotopic (exact) mass is 448 g/mol. The third-order valence-electron chi connectivity index (χ3n) is 4.92. The fourth-order valence-corrected chi connectivity index (χ4v) is 12.5. The number of nitrogens with one attached hydrogen (secondary N) is 2. The molecular formula is C20H44N2O5Si2. The molecule has 0 saturated heterocycles. The van der Waals surface area contributed by atoms with E-state index in [1.165, 1.54) is 0 Å². The Balaban J connectivity index is 4.97. The molecule has 0 aromatic heterocycles. The number of amides is 2. The van der Waals surface area contributed by atoms with E-state index in [9.17, 15) is 9.59 Å². The third-order valence-corrected chi connectivity index (χ3v) is 13.3. The van der Waals surface area contributed by atoms with Gasteiger partial charge in [0.05, 0.1) is 0 Å². The van der Waals surface area contributed by atoms with Gasteiger partial charge in [0.15, 0.2) is 0 Å². The zero-order chi connectivity index (χ0) is 22.5. The summed E-state index contributed by atoms with van der Waals surface area (Å²) in [6.07, 6.45) is 4.52. The molecule has 0 fully saturated rings. The van der Waals surface area contributed by atoms with Crippen molar-refractivity contribution in [2.24, 2.45) is 0 Å². The SMILES string of the molecule is CCCCNC(=O)OC(CC)[Si](C)(C)O[Si](C)(C)C(CC)OC(=O)NCCCC. The molecule has 2 N–H and O–H groups in total. The van der Waals surface area contributed by atoms with Crippen LogP contribution in [0.1, 0.15) is 66.2 Å². The van der Waals surface area contributed by atoms with Crippen molar-refractivity contribution in [3.63, 3.8) is 0 Å². The molecule has 0 aliphatic carbocycles. The second-order valence-electron chi connectivity index (χ2n) is 8.47. The first-order chi connectivity index (χ1) is 13.5. The van der Waals surface area contributed by atoms with Crippen LogP contribution in [0.15, 0.2) is 0 Å². The Labute approximate surface area is 179 Å². The van der Waals surface area contributed by atoms with Crippen LogP contribution in [0, 0.1) is 0 Å². The van der Waals surface area contributed by atoms with Crippen molar-refractivity contribution < 1.29 is 23.2 Å². The summed E-state index contributed by atoms with van der Waals surface area (Å²) in [6, 6.07) is 0. The van der Waals surface area contributed by atoms with Crippen LogP contribution in [0.3, 0.4) is 0 Å². The lowest BCUT2D eigenvalue weighted by Crippen LogP contribution is -2.59. The van der Waals surface area contributed by atoms with Crippen LogP contribution in [0.5, 0.6) is 0 Å². The van der Waals surface area contributed by atoms with Gasteiger partial charge < -0.3 is 24.2 Å². The Morgan fingerprint density at radius 1 is 0.724 bits per heavy atom. The molecule has 0 bridgehead atoms. The minimum Gasteiger partial charge on any atom is -0.451 e.